The van der Waals surface area contributed by atoms with E-state index in [2.05, 4.69) is 5.32 Å². The summed E-state index contributed by atoms with van der Waals surface area (Å²) in [7, 11) is 0. The maximum absolute atomic E-state index is 11.5. The van der Waals surface area contributed by atoms with Crippen molar-refractivity contribution in [3.8, 4) is 0 Å². The first kappa shape index (κ1) is 16.9. The van der Waals surface area contributed by atoms with Gasteiger partial charge in [-0.15, -0.1) is 12.4 Å². The lowest BCUT2D eigenvalue weighted by Crippen LogP contribution is -2.35. The van der Waals surface area contributed by atoms with Crippen molar-refractivity contribution in [1.82, 2.24) is 5.32 Å². The fraction of sp³-hybridized carbons (Fsp3) is 0.462. The maximum atomic E-state index is 11.5. The van der Waals surface area contributed by atoms with E-state index >= 15 is 0 Å². The van der Waals surface area contributed by atoms with E-state index in [1.807, 2.05) is 31.2 Å². The summed E-state index contributed by atoms with van der Waals surface area (Å²) < 4.78 is 0. The fourth-order valence-corrected chi connectivity index (χ4v) is 1.55. The van der Waals surface area contributed by atoms with Crippen LogP contribution in [0.15, 0.2) is 24.3 Å². The van der Waals surface area contributed by atoms with Crippen LogP contribution in [-0.2, 0) is 4.79 Å². The van der Waals surface area contributed by atoms with Crippen LogP contribution in [0, 0.1) is 12.8 Å². The Kier molecular flexibility index (Phi) is 7.59. The number of aliphatic hydroxyl groups is 1. The van der Waals surface area contributed by atoms with E-state index in [0.29, 0.717) is 6.54 Å². The quantitative estimate of drug-likeness (QED) is 0.753. The number of carbonyl (C=O) groups is 1. The van der Waals surface area contributed by atoms with Crippen molar-refractivity contribution in [3.05, 3.63) is 35.4 Å². The lowest BCUT2D eigenvalue weighted by Gasteiger charge is -2.16. The number of benzene rings is 1. The fourth-order valence-electron chi connectivity index (χ4n) is 1.55. The molecule has 0 aromatic heterocycles. The monoisotopic (exact) mass is 272 g/mol. The Morgan fingerprint density at radius 1 is 1.44 bits per heavy atom. The van der Waals surface area contributed by atoms with Gasteiger partial charge in [0.25, 0.3) is 0 Å². The number of hydrogen-bond acceptors (Lipinski definition) is 3. The summed E-state index contributed by atoms with van der Waals surface area (Å²) in [4.78, 5) is 11.5. The lowest BCUT2D eigenvalue weighted by atomic mass is 10.0. The minimum Gasteiger partial charge on any atom is -0.387 e. The predicted octanol–water partition coefficient (Wildman–Crippen LogP) is 1.16. The molecule has 0 radical (unpaired) electrons. The van der Waals surface area contributed by atoms with E-state index in [1.165, 1.54) is 0 Å². The Hall–Kier alpha value is -1.10. The Labute approximate surface area is 114 Å². The van der Waals surface area contributed by atoms with E-state index in [9.17, 15) is 9.90 Å². The molecule has 2 atom stereocenters. The summed E-state index contributed by atoms with van der Waals surface area (Å²) in [5, 5.41) is 12.6. The van der Waals surface area contributed by atoms with Gasteiger partial charge < -0.3 is 16.2 Å². The van der Waals surface area contributed by atoms with Crippen molar-refractivity contribution in [1.29, 1.82) is 0 Å². The van der Waals surface area contributed by atoms with Crippen LogP contribution in [0.1, 0.15) is 24.2 Å². The number of nitrogens with two attached hydrogens (primary N) is 1. The molecule has 18 heavy (non-hydrogen) atoms. The van der Waals surface area contributed by atoms with Gasteiger partial charge in [0, 0.05) is 19.0 Å². The molecule has 0 bridgehead atoms. The van der Waals surface area contributed by atoms with Crippen LogP contribution in [0.3, 0.4) is 0 Å². The zero-order valence-electron chi connectivity index (χ0n) is 10.7. The highest BCUT2D eigenvalue weighted by Crippen LogP contribution is 2.16. The van der Waals surface area contributed by atoms with Crippen molar-refractivity contribution in [2.24, 2.45) is 11.7 Å². The van der Waals surface area contributed by atoms with Crippen molar-refractivity contribution < 1.29 is 9.90 Å². The van der Waals surface area contributed by atoms with E-state index < -0.39 is 6.10 Å². The van der Waals surface area contributed by atoms with Gasteiger partial charge in [-0.2, -0.15) is 0 Å². The first-order chi connectivity index (χ1) is 8.06. The first-order valence-electron chi connectivity index (χ1n) is 5.77. The lowest BCUT2D eigenvalue weighted by molar-refractivity contribution is -0.124. The number of aliphatic hydroxyl groups excluding tert-OH is 1. The molecule has 2 unspecified atom stereocenters. The highest BCUT2D eigenvalue weighted by atomic mass is 35.5. The zero-order chi connectivity index (χ0) is 12.8. The molecule has 102 valence electrons. The summed E-state index contributed by atoms with van der Waals surface area (Å²) >= 11 is 0. The molecule has 0 saturated heterocycles. The van der Waals surface area contributed by atoms with Crippen LogP contribution in [-0.4, -0.2) is 24.1 Å². The molecule has 0 aliphatic rings. The minimum atomic E-state index is -0.676. The molecule has 4 N–H and O–H groups in total. The van der Waals surface area contributed by atoms with Gasteiger partial charge >= 0.3 is 0 Å². The molecule has 0 fully saturated rings. The SMILES string of the molecule is Cc1ccccc1C(O)CNC(=O)C(C)CN.Cl. The van der Waals surface area contributed by atoms with E-state index in [4.69, 9.17) is 5.73 Å². The molecule has 1 aromatic rings. The maximum Gasteiger partial charge on any atom is 0.224 e. The minimum absolute atomic E-state index is 0. The van der Waals surface area contributed by atoms with Crippen LogP contribution in [0.4, 0.5) is 0 Å². The molecule has 0 aliphatic carbocycles. The second-order valence-corrected chi connectivity index (χ2v) is 4.25. The molecule has 1 amide bonds. The predicted molar refractivity (Wildman–Crippen MR) is 74.6 cm³/mol. The van der Waals surface area contributed by atoms with Crippen LogP contribution in [0.25, 0.3) is 0 Å². The highest BCUT2D eigenvalue weighted by molar-refractivity contribution is 5.85. The number of hydrogen-bond donors (Lipinski definition) is 3. The van der Waals surface area contributed by atoms with Gasteiger partial charge in [-0.25, -0.2) is 0 Å². The summed E-state index contributed by atoms with van der Waals surface area (Å²) in [6.45, 7) is 4.22. The van der Waals surface area contributed by atoms with Crippen molar-refractivity contribution in [2.45, 2.75) is 20.0 Å². The van der Waals surface area contributed by atoms with E-state index in [0.717, 1.165) is 11.1 Å². The molecule has 4 nitrogen and oxygen atoms in total. The van der Waals surface area contributed by atoms with Crippen molar-refractivity contribution in [3.63, 3.8) is 0 Å². The van der Waals surface area contributed by atoms with E-state index in [-0.39, 0.29) is 30.8 Å². The summed E-state index contributed by atoms with van der Waals surface area (Å²) in [5.74, 6) is -0.348. The molecule has 0 heterocycles. The number of amides is 1. The van der Waals surface area contributed by atoms with Crippen LogP contribution in [0.5, 0.6) is 0 Å². The summed E-state index contributed by atoms with van der Waals surface area (Å²) in [5.41, 5.74) is 7.25. The molecule has 1 rings (SSSR count). The van der Waals surface area contributed by atoms with Gasteiger partial charge in [0.05, 0.1) is 6.10 Å². The highest BCUT2D eigenvalue weighted by Gasteiger charge is 2.14. The molecular weight excluding hydrogens is 252 g/mol. The second-order valence-electron chi connectivity index (χ2n) is 4.25. The van der Waals surface area contributed by atoms with Gasteiger partial charge in [0.1, 0.15) is 0 Å². The Balaban J connectivity index is 0.00000289. The number of aryl methyl sites for hydroxylation is 1. The van der Waals surface area contributed by atoms with Crippen LogP contribution < -0.4 is 11.1 Å². The number of rotatable bonds is 5. The van der Waals surface area contributed by atoms with Gasteiger partial charge in [0.15, 0.2) is 0 Å². The Bertz CT molecular complexity index is 385. The van der Waals surface area contributed by atoms with Gasteiger partial charge in [-0.1, -0.05) is 31.2 Å². The molecule has 0 saturated carbocycles. The molecule has 5 heteroatoms. The van der Waals surface area contributed by atoms with Gasteiger partial charge in [-0.05, 0) is 18.1 Å². The van der Waals surface area contributed by atoms with Crippen LogP contribution in [0.2, 0.25) is 0 Å². The number of nitrogens with one attached hydrogen (secondary N) is 1. The summed E-state index contributed by atoms with van der Waals surface area (Å²) in [6.07, 6.45) is -0.676. The van der Waals surface area contributed by atoms with Crippen LogP contribution >= 0.6 is 12.4 Å². The third kappa shape index (κ3) is 4.64. The van der Waals surface area contributed by atoms with Gasteiger partial charge in [0.2, 0.25) is 5.91 Å². The summed E-state index contributed by atoms with van der Waals surface area (Å²) in [6, 6.07) is 7.58. The Morgan fingerprint density at radius 3 is 2.61 bits per heavy atom. The average molecular weight is 273 g/mol. The topological polar surface area (TPSA) is 75.3 Å². The molecule has 0 aliphatic heterocycles. The normalized spacial score (nSPS) is 13.3. The largest absolute Gasteiger partial charge is 0.387 e. The number of carbonyl (C=O) groups excluding carboxylic acids is 1. The average Bonchev–Trinajstić information content (AvgIpc) is 2.35. The molecular formula is C13H21ClN2O2. The second kappa shape index (κ2) is 8.08. The molecule has 0 spiro atoms. The van der Waals surface area contributed by atoms with Crippen molar-refractivity contribution in [2.75, 3.05) is 13.1 Å². The number of halogens is 1. The standard InChI is InChI=1S/C13H20N2O2.ClH/c1-9-5-3-4-6-11(9)12(16)8-15-13(17)10(2)7-14;/h3-6,10,12,16H,7-8,14H2,1-2H3,(H,15,17);1H. The molecule has 1 aromatic carbocycles. The Morgan fingerprint density at radius 2 is 2.06 bits per heavy atom. The third-order valence-electron chi connectivity index (χ3n) is 2.82. The third-order valence-corrected chi connectivity index (χ3v) is 2.82. The van der Waals surface area contributed by atoms with E-state index in [1.54, 1.807) is 6.92 Å². The smallest absolute Gasteiger partial charge is 0.224 e. The van der Waals surface area contributed by atoms with Gasteiger partial charge in [-0.3, -0.25) is 4.79 Å². The van der Waals surface area contributed by atoms with Crippen molar-refractivity contribution >= 4 is 18.3 Å². The first-order valence-corrected chi connectivity index (χ1v) is 5.77. The zero-order valence-corrected chi connectivity index (χ0v) is 11.5.